The molecule has 38 heavy (non-hydrogen) atoms. The van der Waals surface area contributed by atoms with Crippen molar-refractivity contribution in [2.24, 2.45) is 0 Å². The van der Waals surface area contributed by atoms with Gasteiger partial charge in [-0.05, 0) is 77.7 Å². The van der Waals surface area contributed by atoms with Crippen molar-refractivity contribution in [3.05, 3.63) is 120 Å². The van der Waals surface area contributed by atoms with Crippen LogP contribution in [-0.4, -0.2) is 25.0 Å². The number of anilines is 2. The van der Waals surface area contributed by atoms with Crippen LogP contribution in [0.2, 0.25) is 0 Å². The second-order valence-electron chi connectivity index (χ2n) is 9.85. The lowest BCUT2D eigenvalue weighted by Gasteiger charge is -2.19. The number of carbonyl (C=O) groups is 2. The van der Waals surface area contributed by atoms with Crippen LogP contribution in [0.25, 0.3) is 0 Å². The van der Waals surface area contributed by atoms with Gasteiger partial charge in [0.05, 0.1) is 0 Å². The molecule has 0 saturated heterocycles. The van der Waals surface area contributed by atoms with Crippen molar-refractivity contribution in [1.82, 2.24) is 0 Å². The molecule has 2 N–H and O–H groups in total. The lowest BCUT2D eigenvalue weighted by molar-refractivity contribution is 0.101. The molecule has 0 aliphatic rings. The number of hydrogen-bond donors (Lipinski definition) is 2. The third-order valence-electron chi connectivity index (χ3n) is 5.87. The molecule has 0 spiro atoms. The highest BCUT2D eigenvalue weighted by molar-refractivity contribution is 6.05. The zero-order chi connectivity index (χ0) is 27.0. The van der Waals surface area contributed by atoms with Gasteiger partial charge in [-0.1, -0.05) is 57.2 Å². The Labute approximate surface area is 223 Å². The molecule has 0 unspecified atom stereocenters. The zero-order valence-corrected chi connectivity index (χ0v) is 21.9. The maximum atomic E-state index is 12.8. The van der Waals surface area contributed by atoms with Gasteiger partial charge in [0.2, 0.25) is 0 Å². The number of hydrogen-bond acceptors (Lipinski definition) is 4. The van der Waals surface area contributed by atoms with Gasteiger partial charge in [-0.2, -0.15) is 0 Å². The molecule has 0 heterocycles. The predicted octanol–water partition coefficient (Wildman–Crippen LogP) is 6.95. The number of nitrogens with one attached hydrogen (secondary N) is 2. The Balaban J connectivity index is 1.28. The van der Waals surface area contributed by atoms with Crippen LogP contribution < -0.4 is 20.1 Å². The summed E-state index contributed by atoms with van der Waals surface area (Å²) in [6.45, 7) is 7.16. The summed E-state index contributed by atoms with van der Waals surface area (Å²) in [5.41, 5.74) is 3.52. The van der Waals surface area contributed by atoms with Crippen LogP contribution in [0.15, 0.2) is 103 Å². The maximum absolute atomic E-state index is 12.8. The average Bonchev–Trinajstić information content (AvgIpc) is 2.92. The van der Waals surface area contributed by atoms with Gasteiger partial charge in [0.15, 0.2) is 0 Å². The minimum absolute atomic E-state index is 0.0289. The highest BCUT2D eigenvalue weighted by Crippen LogP contribution is 2.23. The fourth-order valence-electron chi connectivity index (χ4n) is 3.73. The highest BCUT2D eigenvalue weighted by atomic mass is 16.5. The van der Waals surface area contributed by atoms with Gasteiger partial charge in [0, 0.05) is 22.5 Å². The van der Waals surface area contributed by atoms with Crippen LogP contribution in [0.3, 0.4) is 0 Å². The molecule has 0 aromatic heterocycles. The largest absolute Gasteiger partial charge is 0.490 e. The number of benzene rings is 4. The van der Waals surface area contributed by atoms with Crippen molar-refractivity contribution in [2.75, 3.05) is 23.8 Å². The topological polar surface area (TPSA) is 76.7 Å². The van der Waals surface area contributed by atoms with Crippen LogP contribution in [-0.2, 0) is 5.41 Å². The normalized spacial score (nSPS) is 10.9. The van der Waals surface area contributed by atoms with Gasteiger partial charge >= 0.3 is 0 Å². The maximum Gasteiger partial charge on any atom is 0.255 e. The second kappa shape index (κ2) is 12.1. The van der Waals surface area contributed by atoms with Gasteiger partial charge in [0.1, 0.15) is 24.7 Å². The molecule has 0 saturated carbocycles. The Hall–Kier alpha value is -4.58. The van der Waals surface area contributed by atoms with Crippen molar-refractivity contribution in [1.29, 1.82) is 0 Å². The first-order valence-electron chi connectivity index (χ1n) is 12.5. The number of amides is 2. The SMILES string of the molecule is CC(C)(C)c1ccc(C(=O)Nc2ccc(NC(=O)c3cccc(OCCOc4ccccc4)c3)cc2)cc1. The lowest BCUT2D eigenvalue weighted by Crippen LogP contribution is -2.15. The van der Waals surface area contributed by atoms with Crippen molar-refractivity contribution < 1.29 is 19.1 Å². The molecule has 0 fully saturated rings. The Morgan fingerprint density at radius 2 is 1.13 bits per heavy atom. The van der Waals surface area contributed by atoms with Crippen LogP contribution in [0.5, 0.6) is 11.5 Å². The molecule has 0 atom stereocenters. The summed E-state index contributed by atoms with van der Waals surface area (Å²) >= 11 is 0. The fourth-order valence-corrected chi connectivity index (χ4v) is 3.73. The van der Waals surface area contributed by atoms with Crippen molar-refractivity contribution in [3.63, 3.8) is 0 Å². The van der Waals surface area contributed by atoms with E-state index >= 15 is 0 Å². The standard InChI is InChI=1S/C32H32N2O4/c1-32(2,3)25-14-12-23(13-15-25)30(35)33-26-16-18-27(19-17-26)34-31(36)24-8-7-11-29(22-24)38-21-20-37-28-9-5-4-6-10-28/h4-19,22H,20-21H2,1-3H3,(H,33,35)(H,34,36). The minimum atomic E-state index is -0.258. The average molecular weight is 509 g/mol. The number of rotatable bonds is 9. The van der Waals surface area contributed by atoms with Crippen LogP contribution >= 0.6 is 0 Å². The van der Waals surface area contributed by atoms with Crippen molar-refractivity contribution >= 4 is 23.2 Å². The lowest BCUT2D eigenvalue weighted by atomic mass is 9.87. The number of para-hydroxylation sites is 1. The Morgan fingerprint density at radius 1 is 0.605 bits per heavy atom. The molecule has 6 heteroatoms. The van der Waals surface area contributed by atoms with E-state index < -0.39 is 0 Å². The van der Waals surface area contributed by atoms with E-state index in [9.17, 15) is 9.59 Å². The molecule has 0 bridgehead atoms. The van der Waals surface area contributed by atoms with Crippen LogP contribution in [0, 0.1) is 0 Å². The zero-order valence-electron chi connectivity index (χ0n) is 21.9. The van der Waals surface area contributed by atoms with E-state index in [4.69, 9.17) is 9.47 Å². The molecule has 0 radical (unpaired) electrons. The molecular formula is C32H32N2O4. The Kier molecular flexibility index (Phi) is 8.44. The van der Waals surface area contributed by atoms with Gasteiger partial charge in [0.25, 0.3) is 11.8 Å². The Bertz CT molecular complexity index is 1360. The van der Waals surface area contributed by atoms with Gasteiger partial charge in [-0.15, -0.1) is 0 Å². The molecule has 4 aromatic carbocycles. The monoisotopic (exact) mass is 508 g/mol. The molecular weight excluding hydrogens is 476 g/mol. The van der Waals surface area contributed by atoms with Crippen LogP contribution in [0.1, 0.15) is 47.1 Å². The second-order valence-corrected chi connectivity index (χ2v) is 9.85. The first kappa shape index (κ1) is 26.5. The summed E-state index contributed by atoms with van der Waals surface area (Å²) in [6, 6.07) is 31.1. The predicted molar refractivity (Wildman–Crippen MR) is 151 cm³/mol. The summed E-state index contributed by atoms with van der Waals surface area (Å²) in [5.74, 6) is 0.924. The fraction of sp³-hybridized carbons (Fsp3) is 0.188. The molecule has 0 aliphatic heterocycles. The van der Waals surface area contributed by atoms with Crippen molar-refractivity contribution in [3.8, 4) is 11.5 Å². The summed E-state index contributed by atoms with van der Waals surface area (Å²) < 4.78 is 11.4. The Morgan fingerprint density at radius 3 is 1.71 bits per heavy atom. The smallest absolute Gasteiger partial charge is 0.255 e. The van der Waals surface area contributed by atoms with Crippen LogP contribution in [0.4, 0.5) is 11.4 Å². The first-order chi connectivity index (χ1) is 18.3. The van der Waals surface area contributed by atoms with Gasteiger partial charge in [-0.25, -0.2) is 0 Å². The molecule has 194 valence electrons. The molecule has 4 aromatic rings. The molecule has 2 amide bonds. The summed E-state index contributed by atoms with van der Waals surface area (Å²) in [4.78, 5) is 25.4. The molecule has 6 nitrogen and oxygen atoms in total. The highest BCUT2D eigenvalue weighted by Gasteiger charge is 2.14. The molecule has 4 rings (SSSR count). The number of ether oxygens (including phenoxy) is 2. The first-order valence-corrected chi connectivity index (χ1v) is 12.5. The summed E-state index contributed by atoms with van der Waals surface area (Å²) in [7, 11) is 0. The van der Waals surface area contributed by atoms with E-state index in [1.165, 1.54) is 5.56 Å². The van der Waals surface area contributed by atoms with Gasteiger partial charge in [-0.3, -0.25) is 9.59 Å². The van der Waals surface area contributed by atoms with E-state index in [2.05, 4.69) is 31.4 Å². The third-order valence-corrected chi connectivity index (χ3v) is 5.87. The number of carbonyl (C=O) groups excluding carboxylic acids is 2. The van der Waals surface area contributed by atoms with Crippen molar-refractivity contribution in [2.45, 2.75) is 26.2 Å². The quantitative estimate of drug-likeness (QED) is 0.240. The van der Waals surface area contributed by atoms with E-state index in [-0.39, 0.29) is 17.2 Å². The van der Waals surface area contributed by atoms with E-state index in [0.29, 0.717) is 41.5 Å². The summed E-state index contributed by atoms with van der Waals surface area (Å²) in [6.07, 6.45) is 0. The van der Waals surface area contributed by atoms with Gasteiger partial charge < -0.3 is 20.1 Å². The summed E-state index contributed by atoms with van der Waals surface area (Å²) in [5, 5.41) is 5.77. The third kappa shape index (κ3) is 7.46. The minimum Gasteiger partial charge on any atom is -0.490 e. The van der Waals surface area contributed by atoms with E-state index in [1.54, 1.807) is 48.5 Å². The molecule has 0 aliphatic carbocycles. The van der Waals surface area contributed by atoms with E-state index in [1.807, 2.05) is 54.6 Å². The van der Waals surface area contributed by atoms with E-state index in [0.717, 1.165) is 5.75 Å².